The summed E-state index contributed by atoms with van der Waals surface area (Å²) < 4.78 is 25.8. The summed E-state index contributed by atoms with van der Waals surface area (Å²) in [5, 5.41) is 10.4. The number of hydrogen-bond acceptors (Lipinski definition) is 3. The minimum atomic E-state index is -3.78. The molecule has 0 radical (unpaired) electrons. The first kappa shape index (κ1) is 17.2. The van der Waals surface area contributed by atoms with Crippen LogP contribution in [0.25, 0.3) is 0 Å². The maximum Gasteiger partial charge on any atom is 0.210 e. The SMILES string of the molecule is C/C1=C/C(O)=C(S(=O)(=O)c2ccccc2)\C=C/[C@@H](c2ccccc2)C1. The summed E-state index contributed by atoms with van der Waals surface area (Å²) in [6, 6.07) is 18.1. The maximum absolute atomic E-state index is 12.9. The lowest BCUT2D eigenvalue weighted by molar-refractivity contribution is 0.428. The van der Waals surface area contributed by atoms with Gasteiger partial charge in [0.1, 0.15) is 10.7 Å². The van der Waals surface area contributed by atoms with Crippen molar-refractivity contribution in [2.24, 2.45) is 0 Å². The second-order valence-electron chi connectivity index (χ2n) is 6.14. The molecule has 4 heteroatoms. The van der Waals surface area contributed by atoms with Gasteiger partial charge in [-0.25, -0.2) is 8.42 Å². The Balaban J connectivity index is 2.08. The molecule has 128 valence electrons. The molecule has 1 N–H and O–H groups in total. The zero-order valence-corrected chi connectivity index (χ0v) is 14.8. The Morgan fingerprint density at radius 1 is 0.960 bits per heavy atom. The highest BCUT2D eigenvalue weighted by atomic mass is 32.2. The minimum Gasteiger partial charge on any atom is -0.507 e. The van der Waals surface area contributed by atoms with Crippen LogP contribution in [-0.4, -0.2) is 13.5 Å². The molecule has 0 aromatic heterocycles. The van der Waals surface area contributed by atoms with Gasteiger partial charge in [-0.3, -0.25) is 0 Å². The van der Waals surface area contributed by atoms with E-state index in [9.17, 15) is 13.5 Å². The zero-order valence-electron chi connectivity index (χ0n) is 14.0. The van der Waals surface area contributed by atoms with Crippen molar-refractivity contribution in [3.05, 3.63) is 101 Å². The number of hydrogen-bond donors (Lipinski definition) is 1. The summed E-state index contributed by atoms with van der Waals surface area (Å²) in [6.45, 7) is 1.90. The summed E-state index contributed by atoms with van der Waals surface area (Å²) in [5.41, 5.74) is 2.04. The summed E-state index contributed by atoms with van der Waals surface area (Å²) in [4.78, 5) is 0.0998. The lowest BCUT2D eigenvalue weighted by atomic mass is 9.90. The van der Waals surface area contributed by atoms with Gasteiger partial charge in [-0.1, -0.05) is 60.2 Å². The van der Waals surface area contributed by atoms with Gasteiger partial charge in [0, 0.05) is 5.92 Å². The topological polar surface area (TPSA) is 54.4 Å². The van der Waals surface area contributed by atoms with E-state index in [-0.39, 0.29) is 21.5 Å². The monoisotopic (exact) mass is 352 g/mol. The molecule has 25 heavy (non-hydrogen) atoms. The number of benzene rings is 2. The Morgan fingerprint density at radius 3 is 2.20 bits per heavy atom. The van der Waals surface area contributed by atoms with Gasteiger partial charge in [0.25, 0.3) is 0 Å². The van der Waals surface area contributed by atoms with Crippen molar-refractivity contribution in [3.8, 4) is 0 Å². The minimum absolute atomic E-state index is 0.0616. The molecule has 0 spiro atoms. The molecule has 3 nitrogen and oxygen atoms in total. The Kier molecular flexibility index (Phi) is 4.91. The molecule has 3 rings (SSSR count). The van der Waals surface area contributed by atoms with Gasteiger partial charge in [0.05, 0.1) is 4.90 Å². The van der Waals surface area contributed by atoms with Crippen LogP contribution in [0.4, 0.5) is 0 Å². The van der Waals surface area contributed by atoms with Gasteiger partial charge >= 0.3 is 0 Å². The third-order valence-corrected chi connectivity index (χ3v) is 6.05. The highest BCUT2D eigenvalue weighted by Gasteiger charge is 2.24. The second-order valence-corrected chi connectivity index (χ2v) is 8.06. The van der Waals surface area contributed by atoms with Crippen LogP contribution < -0.4 is 0 Å². The van der Waals surface area contributed by atoms with Crippen LogP contribution in [0.2, 0.25) is 0 Å². The van der Waals surface area contributed by atoms with Crippen LogP contribution in [0.1, 0.15) is 24.8 Å². The fourth-order valence-electron chi connectivity index (χ4n) is 2.95. The third-order valence-electron chi connectivity index (χ3n) is 4.23. The van der Waals surface area contributed by atoms with Crippen LogP contribution in [0.15, 0.2) is 100 Å². The van der Waals surface area contributed by atoms with Crippen molar-refractivity contribution < 1.29 is 13.5 Å². The van der Waals surface area contributed by atoms with Gasteiger partial charge in [-0.05, 0) is 43.2 Å². The average Bonchev–Trinajstić information content (AvgIpc) is 2.60. The standard InChI is InChI=1S/C21H20O3S/c1-16-14-18(17-8-4-2-5-9-17)12-13-21(20(22)15-16)25(23,24)19-10-6-3-7-11-19/h2-13,15,18,22H,14H2,1H3/b13-12-,16-15-,21-20-/t18-/m1/s1. The van der Waals surface area contributed by atoms with Crippen LogP contribution in [0, 0.1) is 0 Å². The summed E-state index contributed by atoms with van der Waals surface area (Å²) in [6.07, 6.45) is 5.66. The van der Waals surface area contributed by atoms with E-state index in [2.05, 4.69) is 0 Å². The van der Waals surface area contributed by atoms with E-state index in [4.69, 9.17) is 0 Å². The smallest absolute Gasteiger partial charge is 0.210 e. The number of aliphatic hydroxyl groups is 1. The molecule has 0 aliphatic heterocycles. The van der Waals surface area contributed by atoms with Crippen molar-refractivity contribution >= 4 is 9.84 Å². The highest BCUT2D eigenvalue weighted by molar-refractivity contribution is 7.95. The van der Waals surface area contributed by atoms with Gasteiger partial charge in [0.2, 0.25) is 9.84 Å². The molecule has 0 saturated carbocycles. The first-order chi connectivity index (χ1) is 12.0. The Labute approximate surface area is 148 Å². The Morgan fingerprint density at radius 2 is 1.56 bits per heavy atom. The molecule has 0 unspecified atom stereocenters. The quantitative estimate of drug-likeness (QED) is 0.853. The molecule has 0 amide bonds. The van der Waals surface area contributed by atoms with Crippen molar-refractivity contribution in [2.45, 2.75) is 24.2 Å². The van der Waals surface area contributed by atoms with Crippen molar-refractivity contribution in [2.75, 3.05) is 0 Å². The number of rotatable bonds is 3. The van der Waals surface area contributed by atoms with Gasteiger partial charge in [0.15, 0.2) is 0 Å². The van der Waals surface area contributed by atoms with Crippen LogP contribution in [0.5, 0.6) is 0 Å². The first-order valence-corrected chi connectivity index (χ1v) is 9.60. The van der Waals surface area contributed by atoms with E-state index in [0.717, 1.165) is 17.6 Å². The Hall–Kier alpha value is -2.59. The van der Waals surface area contributed by atoms with Crippen molar-refractivity contribution in [1.29, 1.82) is 0 Å². The molecule has 0 saturated heterocycles. The molecule has 0 fully saturated rings. The lowest BCUT2D eigenvalue weighted by Gasteiger charge is -2.17. The van der Waals surface area contributed by atoms with Gasteiger partial charge in [-0.15, -0.1) is 0 Å². The largest absolute Gasteiger partial charge is 0.507 e. The number of aliphatic hydroxyl groups excluding tert-OH is 1. The average molecular weight is 352 g/mol. The van der Waals surface area contributed by atoms with Crippen LogP contribution >= 0.6 is 0 Å². The molecule has 0 bridgehead atoms. The van der Waals surface area contributed by atoms with E-state index in [1.165, 1.54) is 18.2 Å². The maximum atomic E-state index is 12.9. The molecular formula is C21H20O3S. The molecule has 0 heterocycles. The summed E-state index contributed by atoms with van der Waals surface area (Å²) in [7, 11) is -3.78. The fourth-order valence-corrected chi connectivity index (χ4v) is 4.31. The van der Waals surface area contributed by atoms with Gasteiger partial charge in [-0.2, -0.15) is 0 Å². The van der Waals surface area contributed by atoms with E-state index in [1.807, 2.05) is 43.3 Å². The predicted molar refractivity (Wildman–Crippen MR) is 100.0 cm³/mol. The summed E-state index contributed by atoms with van der Waals surface area (Å²) in [5.74, 6) is -0.157. The predicted octanol–water partition coefficient (Wildman–Crippen LogP) is 4.92. The van der Waals surface area contributed by atoms with Crippen molar-refractivity contribution in [3.63, 3.8) is 0 Å². The van der Waals surface area contributed by atoms with Crippen LogP contribution in [-0.2, 0) is 9.84 Å². The molecule has 2 aromatic rings. The van der Waals surface area contributed by atoms with E-state index >= 15 is 0 Å². The van der Waals surface area contributed by atoms with E-state index in [1.54, 1.807) is 24.3 Å². The zero-order chi connectivity index (χ0) is 17.9. The second kappa shape index (κ2) is 7.11. The molecular weight excluding hydrogens is 332 g/mol. The normalized spacial score (nSPS) is 24.7. The number of sulfone groups is 1. The molecule has 1 aliphatic rings. The first-order valence-electron chi connectivity index (χ1n) is 8.12. The van der Waals surface area contributed by atoms with Crippen LogP contribution in [0.3, 0.4) is 0 Å². The lowest BCUT2D eigenvalue weighted by Crippen LogP contribution is -2.08. The fraction of sp³-hybridized carbons (Fsp3) is 0.143. The summed E-state index contributed by atoms with van der Waals surface area (Å²) >= 11 is 0. The highest BCUT2D eigenvalue weighted by Crippen LogP contribution is 2.31. The van der Waals surface area contributed by atoms with Gasteiger partial charge < -0.3 is 5.11 Å². The number of allylic oxidation sites excluding steroid dienone is 4. The Bertz CT molecular complexity index is 937. The molecule has 2 aromatic carbocycles. The molecule has 1 atom stereocenters. The van der Waals surface area contributed by atoms with E-state index < -0.39 is 9.84 Å². The molecule has 1 aliphatic carbocycles. The third kappa shape index (κ3) is 3.74. The van der Waals surface area contributed by atoms with E-state index in [0.29, 0.717) is 0 Å². The van der Waals surface area contributed by atoms with Crippen molar-refractivity contribution in [1.82, 2.24) is 0 Å².